The number of nitriles is 1. The maximum absolute atomic E-state index is 8.56. The zero-order chi connectivity index (χ0) is 9.84. The van der Waals surface area contributed by atoms with Gasteiger partial charge in [-0.2, -0.15) is 5.26 Å². The van der Waals surface area contributed by atoms with Crippen LogP contribution in [0.5, 0.6) is 0 Å². The van der Waals surface area contributed by atoms with E-state index >= 15 is 0 Å². The molecule has 0 bridgehead atoms. The summed E-state index contributed by atoms with van der Waals surface area (Å²) in [7, 11) is 0. The average Bonchev–Trinajstić information content (AvgIpc) is 2.17. The molecular weight excluding hydrogens is 205 g/mol. The zero-order valence-corrected chi connectivity index (χ0v) is 8.52. The largest absolute Gasteiger partial charge is 0.191 e. The summed E-state index contributed by atoms with van der Waals surface area (Å²) in [6.07, 6.45) is 0. The Balaban J connectivity index is 3.12. The first-order valence-corrected chi connectivity index (χ1v) is 4.43. The molecule has 0 heterocycles. The molecule has 1 nitrogen and oxygen atoms in total. The van der Waals surface area contributed by atoms with E-state index in [0.29, 0.717) is 5.02 Å². The molecule has 0 radical (unpaired) electrons. The molecule has 0 N–H and O–H groups in total. The molecule has 0 unspecified atom stereocenters. The van der Waals surface area contributed by atoms with E-state index in [0.717, 1.165) is 11.1 Å². The van der Waals surface area contributed by atoms with Crippen molar-refractivity contribution >= 4 is 28.8 Å². The number of hydrogen-bond donors (Lipinski definition) is 0. The van der Waals surface area contributed by atoms with E-state index in [-0.39, 0.29) is 5.03 Å². The molecule has 3 heteroatoms. The number of hydrogen-bond acceptors (Lipinski definition) is 1. The fourth-order valence-electron chi connectivity index (χ4n) is 0.910. The van der Waals surface area contributed by atoms with Crippen molar-refractivity contribution in [1.29, 1.82) is 5.26 Å². The Bertz CT molecular complexity index is 371. The summed E-state index contributed by atoms with van der Waals surface area (Å²) in [6, 6.07) is 9.08. The molecule has 0 aliphatic rings. The molecule has 0 atom stereocenters. The van der Waals surface area contributed by atoms with Gasteiger partial charge in [-0.3, -0.25) is 0 Å². The summed E-state index contributed by atoms with van der Waals surface area (Å²) in [6.45, 7) is 1.80. The van der Waals surface area contributed by atoms with Gasteiger partial charge in [-0.1, -0.05) is 35.3 Å². The van der Waals surface area contributed by atoms with Gasteiger partial charge < -0.3 is 0 Å². The smallest absolute Gasteiger partial charge is 0.121 e. The maximum atomic E-state index is 8.56. The van der Waals surface area contributed by atoms with Crippen LogP contribution in [0.4, 0.5) is 0 Å². The van der Waals surface area contributed by atoms with Gasteiger partial charge in [-0.25, -0.2) is 0 Å². The molecule has 1 rings (SSSR count). The second kappa shape index (κ2) is 4.32. The highest BCUT2D eigenvalue weighted by atomic mass is 35.5. The highest BCUT2D eigenvalue weighted by Crippen LogP contribution is 2.21. The minimum Gasteiger partial charge on any atom is -0.191 e. The molecule has 0 spiro atoms. The van der Waals surface area contributed by atoms with E-state index in [1.807, 2.05) is 18.2 Å². The summed E-state index contributed by atoms with van der Waals surface area (Å²) in [4.78, 5) is 0. The van der Waals surface area contributed by atoms with Crippen LogP contribution in [0.15, 0.2) is 29.3 Å². The van der Waals surface area contributed by atoms with E-state index in [1.54, 1.807) is 19.1 Å². The first-order chi connectivity index (χ1) is 6.15. The van der Waals surface area contributed by atoms with Gasteiger partial charge in [0.2, 0.25) is 0 Å². The lowest BCUT2D eigenvalue weighted by Crippen LogP contribution is -1.80. The van der Waals surface area contributed by atoms with Crippen LogP contribution in [-0.4, -0.2) is 0 Å². The van der Waals surface area contributed by atoms with Crippen molar-refractivity contribution in [3.8, 4) is 6.07 Å². The lowest BCUT2D eigenvalue weighted by molar-refractivity contribution is 1.50. The first kappa shape index (κ1) is 10.1. The lowest BCUT2D eigenvalue weighted by Gasteiger charge is -2.00. The second-order valence-corrected chi connectivity index (χ2v) is 3.37. The Hall–Kier alpha value is -0.970. The number of benzene rings is 1. The highest BCUT2D eigenvalue weighted by Gasteiger charge is 2.00. The molecule has 0 fully saturated rings. The van der Waals surface area contributed by atoms with Crippen LogP contribution in [0.3, 0.4) is 0 Å². The Labute approximate surface area is 87.2 Å². The highest BCUT2D eigenvalue weighted by molar-refractivity contribution is 6.35. The van der Waals surface area contributed by atoms with E-state index in [2.05, 4.69) is 0 Å². The molecule has 13 heavy (non-hydrogen) atoms. The predicted octanol–water partition coefficient (Wildman–Crippen LogP) is 3.83. The van der Waals surface area contributed by atoms with E-state index in [9.17, 15) is 0 Å². The van der Waals surface area contributed by atoms with Crippen LogP contribution in [0.1, 0.15) is 12.5 Å². The van der Waals surface area contributed by atoms with Crippen molar-refractivity contribution in [1.82, 2.24) is 0 Å². The number of allylic oxidation sites excluding steroid dienone is 2. The topological polar surface area (TPSA) is 23.8 Å². The van der Waals surface area contributed by atoms with Crippen molar-refractivity contribution in [2.45, 2.75) is 6.92 Å². The van der Waals surface area contributed by atoms with Gasteiger partial charge in [0.1, 0.15) is 11.1 Å². The van der Waals surface area contributed by atoms with Gasteiger partial charge in [0.25, 0.3) is 0 Å². The molecule has 0 saturated heterocycles. The molecule has 1 aromatic carbocycles. The number of halogens is 2. The van der Waals surface area contributed by atoms with Crippen LogP contribution in [0.2, 0.25) is 5.02 Å². The van der Waals surface area contributed by atoms with Crippen molar-refractivity contribution in [2.24, 2.45) is 0 Å². The Morgan fingerprint density at radius 1 is 1.31 bits per heavy atom. The molecule has 1 aromatic rings. The molecule has 66 valence electrons. The van der Waals surface area contributed by atoms with Crippen molar-refractivity contribution in [3.63, 3.8) is 0 Å². The van der Waals surface area contributed by atoms with Gasteiger partial charge in [0, 0.05) is 5.02 Å². The molecular formula is C10H7Cl2N. The molecule has 0 saturated carbocycles. The summed E-state index contributed by atoms with van der Waals surface area (Å²) in [5.74, 6) is 0. The molecule has 0 aromatic heterocycles. The first-order valence-electron chi connectivity index (χ1n) is 3.67. The third-order valence-corrected chi connectivity index (χ3v) is 2.32. The zero-order valence-electron chi connectivity index (χ0n) is 7.01. The normalized spacial score (nSPS) is 11.8. The minimum absolute atomic E-state index is 0.210. The van der Waals surface area contributed by atoms with Crippen LogP contribution >= 0.6 is 23.2 Å². The van der Waals surface area contributed by atoms with Crippen LogP contribution in [-0.2, 0) is 0 Å². The Morgan fingerprint density at radius 3 is 2.31 bits per heavy atom. The number of nitrogens with zero attached hydrogens (tertiary/aromatic N) is 1. The standard InChI is InChI=1S/C10H7Cl2N/c1-7(10(12)6-13)8-2-4-9(11)5-3-8/h2-5H,1H3/b10-7+. The Morgan fingerprint density at radius 2 is 1.85 bits per heavy atom. The van der Waals surface area contributed by atoms with Crippen molar-refractivity contribution in [3.05, 3.63) is 39.9 Å². The van der Waals surface area contributed by atoms with E-state index in [1.165, 1.54) is 0 Å². The predicted molar refractivity (Wildman–Crippen MR) is 55.5 cm³/mol. The minimum atomic E-state index is 0.210. The summed E-state index contributed by atoms with van der Waals surface area (Å²) >= 11 is 11.4. The Kier molecular flexibility index (Phi) is 3.36. The van der Waals surface area contributed by atoms with Gasteiger partial charge in [0.05, 0.1) is 0 Å². The van der Waals surface area contributed by atoms with Crippen LogP contribution < -0.4 is 0 Å². The summed E-state index contributed by atoms with van der Waals surface area (Å²) in [5, 5.41) is 9.44. The van der Waals surface area contributed by atoms with Gasteiger partial charge in [-0.15, -0.1) is 0 Å². The molecule has 0 aliphatic heterocycles. The van der Waals surface area contributed by atoms with Gasteiger partial charge in [-0.05, 0) is 30.2 Å². The van der Waals surface area contributed by atoms with Gasteiger partial charge in [0.15, 0.2) is 0 Å². The fraction of sp³-hybridized carbons (Fsp3) is 0.100. The van der Waals surface area contributed by atoms with Crippen LogP contribution in [0, 0.1) is 11.3 Å². The monoisotopic (exact) mass is 211 g/mol. The summed E-state index contributed by atoms with van der Waals surface area (Å²) < 4.78 is 0. The third kappa shape index (κ3) is 2.48. The third-order valence-electron chi connectivity index (χ3n) is 1.70. The number of rotatable bonds is 1. The fourth-order valence-corrected chi connectivity index (χ4v) is 1.15. The lowest BCUT2D eigenvalue weighted by atomic mass is 10.1. The summed E-state index contributed by atoms with van der Waals surface area (Å²) in [5.41, 5.74) is 1.68. The maximum Gasteiger partial charge on any atom is 0.121 e. The van der Waals surface area contributed by atoms with Crippen molar-refractivity contribution in [2.75, 3.05) is 0 Å². The molecule has 0 aliphatic carbocycles. The quantitative estimate of drug-likeness (QED) is 0.649. The van der Waals surface area contributed by atoms with Crippen molar-refractivity contribution < 1.29 is 0 Å². The van der Waals surface area contributed by atoms with Gasteiger partial charge >= 0.3 is 0 Å². The average molecular weight is 212 g/mol. The van der Waals surface area contributed by atoms with Crippen LogP contribution in [0.25, 0.3) is 5.57 Å². The van der Waals surface area contributed by atoms with E-state index in [4.69, 9.17) is 28.5 Å². The molecule has 0 amide bonds. The van der Waals surface area contributed by atoms with E-state index < -0.39 is 0 Å². The second-order valence-electron chi connectivity index (χ2n) is 2.56. The SMILES string of the molecule is C/C(=C(\Cl)C#N)c1ccc(Cl)cc1.